The van der Waals surface area contributed by atoms with Crippen LogP contribution in [0.5, 0.6) is 0 Å². The molecule has 1 amide bonds. The minimum Gasteiger partial charge on any atom is -0.481 e. The lowest BCUT2D eigenvalue weighted by molar-refractivity contribution is -0.335. The number of para-hydroxylation sites is 1. The fourth-order valence-corrected chi connectivity index (χ4v) is 10.6. The molecule has 1 spiro atoms. The molecule has 5 saturated heterocycles. The number of aliphatic hydroxyl groups is 2. The molecule has 1 unspecified atom stereocenters. The van der Waals surface area contributed by atoms with Gasteiger partial charge in [0, 0.05) is 42.7 Å². The standard InChI is InChI=1S/C44H67NO13/c1-10-34(47)54-36(29(7)39(48)49)28(6)37-27(5)32(53-40(50)45-30-14-12-11-13-15-30)22-43(56-37)19-18-41(8,58-43)33-16-17-42(9,55-33)38-25(3)21-31(52-38)35-24(2)20-26(4)44(51,23-46)57-35/h11-15,24-29,31-33,35-38,46,51H,10,16-23H2,1-9H3,(H,45,50)(H,48,49)/t24-,25-,26+,27+,28-,29+,31+,32-,33+,35-,36+,37-,38?,41-,42-,43+,44-/m0/s1. The largest absolute Gasteiger partial charge is 0.481 e. The second kappa shape index (κ2) is 17.3. The number of hydrogen-bond donors (Lipinski definition) is 4. The van der Waals surface area contributed by atoms with Crippen molar-refractivity contribution < 1.29 is 62.9 Å². The third-order valence-electron chi connectivity index (χ3n) is 14.2. The Morgan fingerprint density at radius 2 is 1.66 bits per heavy atom. The summed E-state index contributed by atoms with van der Waals surface area (Å²) in [4.78, 5) is 38.3. The van der Waals surface area contributed by atoms with Crippen molar-refractivity contribution in [2.45, 2.75) is 179 Å². The maximum absolute atomic E-state index is 13.4. The van der Waals surface area contributed by atoms with Gasteiger partial charge in [0.15, 0.2) is 11.6 Å². The number of nitrogens with one attached hydrogen (secondary N) is 1. The number of carbonyl (C=O) groups excluding carboxylic acids is 2. The molecule has 6 rings (SSSR count). The molecule has 17 atom stereocenters. The second-order valence-electron chi connectivity index (χ2n) is 18.7. The van der Waals surface area contributed by atoms with Crippen LogP contribution in [-0.2, 0) is 42.7 Å². The fraction of sp³-hybridized carbons (Fsp3) is 0.795. The maximum atomic E-state index is 13.4. The van der Waals surface area contributed by atoms with Gasteiger partial charge in [-0.15, -0.1) is 0 Å². The smallest absolute Gasteiger partial charge is 0.411 e. The second-order valence-corrected chi connectivity index (χ2v) is 18.7. The molecular weight excluding hydrogens is 750 g/mol. The lowest BCUT2D eigenvalue weighted by Crippen LogP contribution is -2.58. The molecule has 5 fully saturated rings. The number of rotatable bonds is 12. The van der Waals surface area contributed by atoms with Crippen molar-refractivity contribution in [3.05, 3.63) is 30.3 Å². The van der Waals surface area contributed by atoms with E-state index in [1.807, 2.05) is 45.9 Å². The van der Waals surface area contributed by atoms with Gasteiger partial charge in [0.1, 0.15) is 12.2 Å². The van der Waals surface area contributed by atoms with Gasteiger partial charge in [0.2, 0.25) is 0 Å². The first-order valence-corrected chi connectivity index (χ1v) is 21.4. The molecule has 58 heavy (non-hydrogen) atoms. The summed E-state index contributed by atoms with van der Waals surface area (Å²) >= 11 is 0. The number of aliphatic hydroxyl groups excluding tert-OH is 1. The highest BCUT2D eigenvalue weighted by molar-refractivity contribution is 5.84. The van der Waals surface area contributed by atoms with Gasteiger partial charge in [-0.1, -0.05) is 59.7 Å². The summed E-state index contributed by atoms with van der Waals surface area (Å²) in [7, 11) is 0. The Hall–Kier alpha value is -2.85. The van der Waals surface area contributed by atoms with Crippen molar-refractivity contribution in [1.29, 1.82) is 0 Å². The van der Waals surface area contributed by atoms with E-state index in [-0.39, 0.29) is 55.0 Å². The Bertz CT molecular complexity index is 1610. The maximum Gasteiger partial charge on any atom is 0.411 e. The zero-order valence-electron chi connectivity index (χ0n) is 35.7. The van der Waals surface area contributed by atoms with Crippen LogP contribution in [0.2, 0.25) is 0 Å². The molecule has 0 bridgehead atoms. The van der Waals surface area contributed by atoms with Crippen molar-refractivity contribution in [3.63, 3.8) is 0 Å². The topological polar surface area (TPSA) is 189 Å². The number of carboxylic acid groups (broad SMARTS) is 1. The number of ether oxygens (including phenoxy) is 7. The zero-order valence-corrected chi connectivity index (χ0v) is 35.7. The SMILES string of the molecule is CCC(=O)O[C@H]([C@H](C)[C@H]1O[C@@]2(CC[C@@](C)([C@H]3CC[C@@](C)(C4O[C@@H]([C@H]5O[C@@](O)(CO)[C@H](C)C[C@@H]5C)C[C@@H]4C)O3)O2)C[C@H](OC(=O)Nc2ccccc2)[C@H]1C)[C@@H](C)C(=O)O. The Morgan fingerprint density at radius 1 is 0.948 bits per heavy atom. The molecule has 326 valence electrons. The molecule has 5 aliphatic rings. The van der Waals surface area contributed by atoms with Crippen molar-refractivity contribution in [2.75, 3.05) is 11.9 Å². The van der Waals surface area contributed by atoms with Crippen LogP contribution in [-0.4, -0.2) is 105 Å². The van der Waals surface area contributed by atoms with Gasteiger partial charge in [-0.3, -0.25) is 14.9 Å². The monoisotopic (exact) mass is 817 g/mol. The van der Waals surface area contributed by atoms with E-state index < -0.39 is 83.5 Å². The number of hydrogen-bond acceptors (Lipinski definition) is 12. The van der Waals surface area contributed by atoms with Crippen LogP contribution in [0.25, 0.3) is 0 Å². The first-order valence-electron chi connectivity index (χ1n) is 21.4. The summed E-state index contributed by atoms with van der Waals surface area (Å²) in [5, 5.41) is 33.9. The van der Waals surface area contributed by atoms with Crippen molar-refractivity contribution in [2.24, 2.45) is 35.5 Å². The summed E-state index contributed by atoms with van der Waals surface area (Å²) in [5.41, 5.74) is -0.849. The third-order valence-corrected chi connectivity index (χ3v) is 14.2. The third kappa shape index (κ3) is 8.94. The van der Waals surface area contributed by atoms with Gasteiger partial charge < -0.3 is 48.5 Å². The van der Waals surface area contributed by atoms with Crippen LogP contribution in [0, 0.1) is 35.5 Å². The summed E-state index contributed by atoms with van der Waals surface area (Å²) in [6, 6.07) is 9.00. The predicted octanol–water partition coefficient (Wildman–Crippen LogP) is 6.45. The van der Waals surface area contributed by atoms with Gasteiger partial charge in [-0.05, 0) is 76.8 Å². The van der Waals surface area contributed by atoms with Crippen molar-refractivity contribution >= 4 is 23.7 Å². The molecule has 5 heterocycles. The first-order chi connectivity index (χ1) is 27.3. The highest BCUT2D eigenvalue weighted by Crippen LogP contribution is 2.54. The van der Waals surface area contributed by atoms with Crippen LogP contribution in [0.1, 0.15) is 114 Å². The molecule has 14 heteroatoms. The van der Waals surface area contributed by atoms with Crippen LogP contribution in [0.4, 0.5) is 10.5 Å². The fourth-order valence-electron chi connectivity index (χ4n) is 10.6. The number of aliphatic carboxylic acids is 1. The molecule has 14 nitrogen and oxygen atoms in total. The predicted molar refractivity (Wildman–Crippen MR) is 211 cm³/mol. The van der Waals surface area contributed by atoms with Gasteiger partial charge in [0.05, 0.1) is 54.2 Å². The average molecular weight is 818 g/mol. The van der Waals surface area contributed by atoms with Crippen LogP contribution in [0.15, 0.2) is 30.3 Å². The number of esters is 1. The van der Waals surface area contributed by atoms with E-state index in [1.54, 1.807) is 19.1 Å². The Labute approximate surface area is 342 Å². The molecule has 1 aromatic rings. The van der Waals surface area contributed by atoms with E-state index in [1.165, 1.54) is 6.92 Å². The van der Waals surface area contributed by atoms with E-state index in [9.17, 15) is 29.7 Å². The van der Waals surface area contributed by atoms with E-state index >= 15 is 0 Å². The van der Waals surface area contributed by atoms with E-state index in [2.05, 4.69) is 26.1 Å². The molecule has 4 N–H and O–H groups in total. The normalized spacial score (nSPS) is 43.1. The molecule has 5 aliphatic heterocycles. The van der Waals surface area contributed by atoms with Gasteiger partial charge in [-0.2, -0.15) is 0 Å². The number of benzene rings is 1. The summed E-state index contributed by atoms with van der Waals surface area (Å²) in [5.74, 6) is -6.43. The Morgan fingerprint density at radius 3 is 2.31 bits per heavy atom. The number of anilines is 1. The lowest BCUT2D eigenvalue weighted by atomic mass is 9.78. The summed E-state index contributed by atoms with van der Waals surface area (Å²) in [6.45, 7) is 16.7. The minimum atomic E-state index is -1.61. The Balaban J connectivity index is 1.20. The Kier molecular flexibility index (Phi) is 13.3. The van der Waals surface area contributed by atoms with Crippen LogP contribution >= 0.6 is 0 Å². The number of carbonyl (C=O) groups is 3. The highest BCUT2D eigenvalue weighted by atomic mass is 16.7. The zero-order chi connectivity index (χ0) is 42.4. The number of carboxylic acids is 1. The van der Waals surface area contributed by atoms with Gasteiger partial charge in [0.25, 0.3) is 0 Å². The minimum absolute atomic E-state index is 0.0822. The molecule has 0 aromatic heterocycles. The van der Waals surface area contributed by atoms with E-state index in [4.69, 9.17) is 33.2 Å². The van der Waals surface area contributed by atoms with Crippen LogP contribution < -0.4 is 5.32 Å². The highest BCUT2D eigenvalue weighted by Gasteiger charge is 2.62. The lowest BCUT2D eigenvalue weighted by Gasteiger charge is -2.49. The molecule has 0 radical (unpaired) electrons. The first kappa shape index (κ1) is 44.7. The summed E-state index contributed by atoms with van der Waals surface area (Å²) in [6.07, 6.45) is -0.00602. The average Bonchev–Trinajstić information content (AvgIpc) is 3.88. The molecule has 0 aliphatic carbocycles. The molecule has 0 saturated carbocycles. The van der Waals surface area contributed by atoms with E-state index in [0.717, 1.165) is 12.8 Å². The van der Waals surface area contributed by atoms with Crippen LogP contribution in [0.3, 0.4) is 0 Å². The summed E-state index contributed by atoms with van der Waals surface area (Å²) < 4.78 is 46.0. The van der Waals surface area contributed by atoms with Crippen molar-refractivity contribution in [3.8, 4) is 0 Å². The van der Waals surface area contributed by atoms with Gasteiger partial charge >= 0.3 is 18.0 Å². The number of amides is 1. The molecule has 1 aromatic carbocycles. The quantitative estimate of drug-likeness (QED) is 0.169. The van der Waals surface area contributed by atoms with Gasteiger partial charge in [-0.25, -0.2) is 4.79 Å². The van der Waals surface area contributed by atoms with E-state index in [0.29, 0.717) is 31.4 Å². The molecular formula is C44H67NO13. The van der Waals surface area contributed by atoms with Crippen molar-refractivity contribution in [1.82, 2.24) is 0 Å².